The number of nitrogens with one attached hydrogen (secondary N) is 1. The third-order valence-corrected chi connectivity index (χ3v) is 8.31. The first-order valence-electron chi connectivity index (χ1n) is 13.8. The number of carbonyl (C=O) groups is 1. The summed E-state index contributed by atoms with van der Waals surface area (Å²) in [7, 11) is 0. The zero-order valence-electron chi connectivity index (χ0n) is 22.5. The average molecular weight is 538 g/mol. The van der Waals surface area contributed by atoms with Crippen LogP contribution in [0.15, 0.2) is 36.4 Å². The number of carbonyl (C=O) groups excluding carboxylic acids is 1. The van der Waals surface area contributed by atoms with Crippen molar-refractivity contribution in [2.75, 3.05) is 19.7 Å². The van der Waals surface area contributed by atoms with Gasteiger partial charge in [0.25, 0.3) is 0 Å². The topological polar surface area (TPSA) is 54.5 Å². The highest BCUT2D eigenvalue weighted by molar-refractivity contribution is 6.31. The Morgan fingerprint density at radius 1 is 1.16 bits per heavy atom. The fourth-order valence-corrected chi connectivity index (χ4v) is 6.32. The van der Waals surface area contributed by atoms with E-state index in [4.69, 9.17) is 21.3 Å². The Kier molecular flexibility index (Phi) is 8.20. The predicted octanol–water partition coefficient (Wildman–Crippen LogP) is 6.71. The Morgan fingerprint density at radius 3 is 2.76 bits per heavy atom. The molecule has 0 aliphatic carbocycles. The van der Waals surface area contributed by atoms with Crippen LogP contribution in [0.4, 0.5) is 4.39 Å². The number of pyridine rings is 1. The van der Waals surface area contributed by atoms with Crippen LogP contribution in [-0.2, 0) is 11.2 Å². The molecule has 1 N–H and O–H groups in total. The maximum absolute atomic E-state index is 13.9. The predicted molar refractivity (Wildman–Crippen MR) is 151 cm³/mol. The third-order valence-electron chi connectivity index (χ3n) is 8.02. The molecule has 1 amide bonds. The summed E-state index contributed by atoms with van der Waals surface area (Å²) >= 11 is 6.11. The lowest BCUT2D eigenvalue weighted by Gasteiger charge is -2.44. The molecule has 0 spiro atoms. The molecular weight excluding hydrogens is 501 g/mol. The molecule has 3 heterocycles. The summed E-state index contributed by atoms with van der Waals surface area (Å²) in [4.78, 5) is 20.4. The lowest BCUT2D eigenvalue weighted by molar-refractivity contribution is -0.120. The highest BCUT2D eigenvalue weighted by Crippen LogP contribution is 2.35. The van der Waals surface area contributed by atoms with Crippen molar-refractivity contribution in [3.8, 4) is 17.0 Å². The lowest BCUT2D eigenvalue weighted by Crippen LogP contribution is -2.49. The van der Waals surface area contributed by atoms with Crippen LogP contribution in [0.2, 0.25) is 5.02 Å². The molecule has 0 bridgehead atoms. The smallest absolute Gasteiger partial charge is 0.224 e. The number of amides is 1. The number of fused-ring (bicyclic) bond motifs is 2. The van der Waals surface area contributed by atoms with Gasteiger partial charge in [-0.3, -0.25) is 9.69 Å². The van der Waals surface area contributed by atoms with Crippen molar-refractivity contribution in [3.63, 3.8) is 0 Å². The second-order valence-electron chi connectivity index (χ2n) is 11.1. The molecule has 2 aromatic carbocycles. The first-order chi connectivity index (χ1) is 18.3. The Hall–Kier alpha value is -2.70. The number of aromatic nitrogens is 1. The first-order valence-corrected chi connectivity index (χ1v) is 14.2. The van der Waals surface area contributed by atoms with E-state index in [2.05, 4.69) is 10.2 Å². The number of benzene rings is 2. The second-order valence-corrected chi connectivity index (χ2v) is 11.5. The van der Waals surface area contributed by atoms with Gasteiger partial charge in [0, 0.05) is 29.0 Å². The maximum Gasteiger partial charge on any atom is 0.224 e. The summed E-state index contributed by atoms with van der Waals surface area (Å²) in [6, 6.07) is 11.2. The second kappa shape index (κ2) is 11.6. The minimum atomic E-state index is -0.483. The van der Waals surface area contributed by atoms with Gasteiger partial charge in [-0.15, -0.1) is 0 Å². The number of hydrogen-bond donors (Lipinski definition) is 1. The minimum Gasteiger partial charge on any atom is -0.493 e. The van der Waals surface area contributed by atoms with Crippen molar-refractivity contribution < 1.29 is 13.9 Å². The van der Waals surface area contributed by atoms with Gasteiger partial charge >= 0.3 is 0 Å². The van der Waals surface area contributed by atoms with E-state index < -0.39 is 5.82 Å². The van der Waals surface area contributed by atoms with Gasteiger partial charge in [0.05, 0.1) is 29.3 Å². The van der Waals surface area contributed by atoms with Gasteiger partial charge in [-0.2, -0.15) is 0 Å². The van der Waals surface area contributed by atoms with Crippen molar-refractivity contribution in [2.45, 2.75) is 71.4 Å². The van der Waals surface area contributed by atoms with Crippen LogP contribution in [0.5, 0.6) is 5.75 Å². The molecule has 3 aromatic rings. The molecule has 2 aliphatic heterocycles. The zero-order chi connectivity index (χ0) is 26.8. The van der Waals surface area contributed by atoms with E-state index in [1.807, 2.05) is 39.0 Å². The normalized spacial score (nSPS) is 19.9. The molecule has 202 valence electrons. The van der Waals surface area contributed by atoms with Gasteiger partial charge in [-0.05, 0) is 107 Å². The van der Waals surface area contributed by atoms with Gasteiger partial charge in [-0.1, -0.05) is 18.0 Å². The summed E-state index contributed by atoms with van der Waals surface area (Å²) in [5.74, 6) is 0.814. The molecule has 2 atom stereocenters. The summed E-state index contributed by atoms with van der Waals surface area (Å²) < 4.78 is 20.3. The Labute approximate surface area is 229 Å². The van der Waals surface area contributed by atoms with E-state index in [1.54, 1.807) is 12.1 Å². The van der Waals surface area contributed by atoms with Crippen LogP contribution in [-0.4, -0.2) is 47.6 Å². The van der Waals surface area contributed by atoms with Crippen molar-refractivity contribution in [3.05, 3.63) is 58.4 Å². The van der Waals surface area contributed by atoms with E-state index in [-0.39, 0.29) is 23.4 Å². The molecule has 2 unspecified atom stereocenters. The maximum atomic E-state index is 13.9. The molecule has 5 nitrogen and oxygen atoms in total. The fraction of sp³-hybridized carbons (Fsp3) is 0.484. The number of aryl methyl sites for hydroxylation is 1. The van der Waals surface area contributed by atoms with Crippen LogP contribution in [0.3, 0.4) is 0 Å². The minimum absolute atomic E-state index is 0.0276. The van der Waals surface area contributed by atoms with Gasteiger partial charge in [-0.25, -0.2) is 9.37 Å². The first kappa shape index (κ1) is 26.9. The van der Waals surface area contributed by atoms with Gasteiger partial charge < -0.3 is 10.1 Å². The number of ether oxygens (including phenoxy) is 1. The molecule has 2 saturated heterocycles. The SMILES string of the molecule is Cc1c(CC(=O)NC(C)C)c(-c2ccc(F)c(Cl)c2)nc2ccc(OCC3CCCN4CCCCC34)cc12. The van der Waals surface area contributed by atoms with E-state index in [0.29, 0.717) is 23.2 Å². The monoisotopic (exact) mass is 537 g/mol. The summed E-state index contributed by atoms with van der Waals surface area (Å²) in [6.45, 7) is 9.04. The molecular formula is C31H37ClFN3O2. The Balaban J connectivity index is 1.46. The van der Waals surface area contributed by atoms with Crippen molar-refractivity contribution in [1.29, 1.82) is 0 Å². The van der Waals surface area contributed by atoms with Gasteiger partial charge in [0.1, 0.15) is 11.6 Å². The quantitative estimate of drug-likeness (QED) is 0.364. The molecule has 2 aliphatic rings. The van der Waals surface area contributed by atoms with E-state index >= 15 is 0 Å². The van der Waals surface area contributed by atoms with Crippen LogP contribution in [0, 0.1) is 18.7 Å². The van der Waals surface area contributed by atoms with E-state index in [1.165, 1.54) is 51.3 Å². The molecule has 38 heavy (non-hydrogen) atoms. The standard InChI is InChI=1S/C31H37ClFN3O2/c1-19(2)34-30(37)17-25-20(3)24-16-23(38-18-22-7-6-14-36-13-5-4-8-29(22)36)10-12-28(24)35-31(25)21-9-11-27(33)26(32)15-21/h9-12,15-16,19,22,29H,4-8,13-14,17-18H2,1-3H3,(H,34,37). The molecule has 1 aromatic heterocycles. The molecule has 7 heteroatoms. The molecule has 5 rings (SSSR count). The van der Waals surface area contributed by atoms with E-state index in [9.17, 15) is 9.18 Å². The van der Waals surface area contributed by atoms with Crippen molar-refractivity contribution >= 4 is 28.4 Å². The largest absolute Gasteiger partial charge is 0.493 e. The number of nitrogens with zero attached hydrogens (tertiary/aromatic N) is 2. The third kappa shape index (κ3) is 5.81. The number of rotatable bonds is 7. The fourth-order valence-electron chi connectivity index (χ4n) is 6.14. The van der Waals surface area contributed by atoms with E-state index in [0.717, 1.165) is 34.4 Å². The van der Waals surface area contributed by atoms with Crippen molar-refractivity contribution in [2.24, 2.45) is 5.92 Å². The van der Waals surface area contributed by atoms with Crippen LogP contribution < -0.4 is 10.1 Å². The number of halogens is 2. The van der Waals surface area contributed by atoms with Gasteiger partial charge in [0.2, 0.25) is 5.91 Å². The molecule has 0 saturated carbocycles. The Morgan fingerprint density at radius 2 is 1.97 bits per heavy atom. The summed E-state index contributed by atoms with van der Waals surface area (Å²) in [6.07, 6.45) is 6.52. The van der Waals surface area contributed by atoms with Crippen LogP contribution in [0.1, 0.15) is 57.1 Å². The highest BCUT2D eigenvalue weighted by Gasteiger charge is 2.33. The van der Waals surface area contributed by atoms with Crippen molar-refractivity contribution in [1.82, 2.24) is 15.2 Å². The lowest BCUT2D eigenvalue weighted by atomic mass is 9.84. The van der Waals surface area contributed by atoms with Crippen LogP contribution in [0.25, 0.3) is 22.2 Å². The number of piperidine rings is 2. The number of hydrogen-bond acceptors (Lipinski definition) is 4. The van der Waals surface area contributed by atoms with Gasteiger partial charge in [0.15, 0.2) is 0 Å². The summed E-state index contributed by atoms with van der Waals surface area (Å²) in [5.41, 5.74) is 3.90. The highest BCUT2D eigenvalue weighted by atomic mass is 35.5. The summed E-state index contributed by atoms with van der Waals surface area (Å²) in [5, 5.41) is 3.96. The Bertz CT molecular complexity index is 1330. The molecule has 2 fully saturated rings. The molecule has 0 radical (unpaired) electrons. The van der Waals surface area contributed by atoms with Crippen LogP contribution >= 0.6 is 11.6 Å². The zero-order valence-corrected chi connectivity index (χ0v) is 23.3. The average Bonchev–Trinajstić information content (AvgIpc) is 2.90.